The van der Waals surface area contributed by atoms with Gasteiger partial charge < -0.3 is 0 Å². The van der Waals surface area contributed by atoms with Gasteiger partial charge in [0.25, 0.3) is 0 Å². The third kappa shape index (κ3) is 1.07. The Hall–Kier alpha value is -0.120. The summed E-state index contributed by atoms with van der Waals surface area (Å²) < 4.78 is 0.714. The highest BCUT2D eigenvalue weighted by Gasteiger charge is 2.39. The van der Waals surface area contributed by atoms with E-state index in [0.29, 0.717) is 10.5 Å². The van der Waals surface area contributed by atoms with E-state index in [-0.39, 0.29) is 0 Å². The van der Waals surface area contributed by atoms with Gasteiger partial charge in [0.05, 0.1) is 5.69 Å². The first-order valence-electron chi connectivity index (χ1n) is 4.63. The lowest BCUT2D eigenvalue weighted by atomic mass is 10.1. The van der Waals surface area contributed by atoms with Crippen LogP contribution in [0.1, 0.15) is 29.5 Å². The Morgan fingerprint density at radius 3 is 3.23 bits per heavy atom. The van der Waals surface area contributed by atoms with Crippen LogP contribution < -0.4 is 0 Å². The number of nitrogens with zero attached hydrogens (tertiary/aromatic N) is 2. The molecule has 3 rings (SSSR count). The molecular formula is C9H11ClN2S. The molecule has 2 aliphatic rings. The average Bonchev–Trinajstić information content (AvgIpc) is 2.54. The summed E-state index contributed by atoms with van der Waals surface area (Å²) >= 11 is 7.59. The smallest absolute Gasteiger partial charge is 0.184 e. The van der Waals surface area contributed by atoms with Crippen LogP contribution in [-0.2, 0) is 6.42 Å². The molecule has 2 atom stereocenters. The number of halogens is 1. The molecule has 0 aromatic carbocycles. The molecule has 0 radical (unpaired) electrons. The van der Waals surface area contributed by atoms with E-state index in [9.17, 15) is 0 Å². The van der Waals surface area contributed by atoms with Crippen LogP contribution in [0.4, 0.5) is 0 Å². The molecule has 4 heteroatoms. The van der Waals surface area contributed by atoms with Crippen molar-refractivity contribution in [1.82, 2.24) is 9.88 Å². The molecule has 0 aliphatic carbocycles. The molecule has 0 N–H and O–H groups in total. The maximum atomic E-state index is 5.92. The van der Waals surface area contributed by atoms with Crippen molar-refractivity contribution < 1.29 is 0 Å². The molecule has 3 heterocycles. The van der Waals surface area contributed by atoms with Crippen molar-refractivity contribution in [3.8, 4) is 0 Å². The first-order chi connectivity index (χ1) is 6.25. The van der Waals surface area contributed by atoms with Crippen molar-refractivity contribution in [2.24, 2.45) is 0 Å². The summed E-state index contributed by atoms with van der Waals surface area (Å²) in [5.74, 6) is 0. The number of hydrogen-bond acceptors (Lipinski definition) is 3. The Morgan fingerprint density at radius 2 is 2.38 bits per heavy atom. The molecule has 0 spiro atoms. The van der Waals surface area contributed by atoms with E-state index in [1.54, 1.807) is 11.3 Å². The van der Waals surface area contributed by atoms with Gasteiger partial charge in [0.1, 0.15) is 0 Å². The van der Waals surface area contributed by atoms with Crippen LogP contribution in [0.2, 0.25) is 4.47 Å². The lowest BCUT2D eigenvalue weighted by Gasteiger charge is -2.29. The topological polar surface area (TPSA) is 16.1 Å². The predicted octanol–water partition coefficient (Wildman–Crippen LogP) is 2.49. The van der Waals surface area contributed by atoms with E-state index in [0.717, 1.165) is 12.5 Å². The Balaban J connectivity index is 2.11. The fourth-order valence-electron chi connectivity index (χ4n) is 2.54. The molecule has 2 bridgehead atoms. The minimum absolute atomic E-state index is 0.610. The number of fused-ring (bicyclic) bond motifs is 4. The molecule has 2 aliphatic heterocycles. The van der Waals surface area contributed by atoms with Crippen molar-refractivity contribution in [1.29, 1.82) is 0 Å². The molecule has 2 unspecified atom stereocenters. The monoisotopic (exact) mass is 214 g/mol. The Kier molecular flexibility index (Phi) is 1.70. The standard InChI is InChI=1S/C9H11ClN2S/c1-12-5-2-3-7(12)8-6(4-5)11-9(10)13-8/h5,7H,2-4H2,1H3. The zero-order valence-electron chi connectivity index (χ0n) is 7.46. The highest BCUT2D eigenvalue weighted by atomic mass is 35.5. The average molecular weight is 215 g/mol. The number of likely N-dealkylation sites (N-methyl/N-ethyl adjacent to an activating group) is 1. The zero-order chi connectivity index (χ0) is 9.00. The lowest BCUT2D eigenvalue weighted by Crippen LogP contribution is -2.33. The Labute approximate surface area is 86.5 Å². The summed E-state index contributed by atoms with van der Waals surface area (Å²) in [6.07, 6.45) is 3.71. The van der Waals surface area contributed by atoms with Crippen LogP contribution in [0.5, 0.6) is 0 Å². The first-order valence-corrected chi connectivity index (χ1v) is 5.82. The van der Waals surface area contributed by atoms with Gasteiger partial charge in [0.15, 0.2) is 4.47 Å². The number of hydrogen-bond donors (Lipinski definition) is 0. The van der Waals surface area contributed by atoms with Gasteiger partial charge in [-0.15, -0.1) is 11.3 Å². The van der Waals surface area contributed by atoms with Crippen molar-refractivity contribution in [2.45, 2.75) is 31.3 Å². The minimum Gasteiger partial charge on any atom is -0.295 e. The molecule has 2 nitrogen and oxygen atoms in total. The van der Waals surface area contributed by atoms with E-state index < -0.39 is 0 Å². The highest BCUT2D eigenvalue weighted by molar-refractivity contribution is 7.15. The number of rotatable bonds is 0. The van der Waals surface area contributed by atoms with Gasteiger partial charge in [0.2, 0.25) is 0 Å². The molecule has 1 aromatic heterocycles. The summed E-state index contributed by atoms with van der Waals surface area (Å²) in [6, 6.07) is 1.33. The maximum Gasteiger partial charge on any atom is 0.184 e. The van der Waals surface area contributed by atoms with Crippen LogP contribution in [0.15, 0.2) is 0 Å². The van der Waals surface area contributed by atoms with E-state index in [1.165, 1.54) is 23.4 Å². The lowest BCUT2D eigenvalue weighted by molar-refractivity contribution is 0.226. The van der Waals surface area contributed by atoms with Crippen LogP contribution in [0, 0.1) is 0 Å². The Morgan fingerprint density at radius 1 is 1.54 bits per heavy atom. The fraction of sp³-hybridized carbons (Fsp3) is 0.667. The second kappa shape index (κ2) is 2.69. The number of aromatic nitrogens is 1. The van der Waals surface area contributed by atoms with Crippen molar-refractivity contribution >= 4 is 22.9 Å². The van der Waals surface area contributed by atoms with Crippen LogP contribution in [0.3, 0.4) is 0 Å². The molecule has 13 heavy (non-hydrogen) atoms. The molecule has 1 fully saturated rings. The van der Waals surface area contributed by atoms with Gasteiger partial charge in [-0.3, -0.25) is 4.90 Å². The van der Waals surface area contributed by atoms with Crippen LogP contribution in [0.25, 0.3) is 0 Å². The van der Waals surface area contributed by atoms with E-state index in [2.05, 4.69) is 16.9 Å². The maximum absolute atomic E-state index is 5.92. The molecule has 1 aromatic rings. The van der Waals surface area contributed by atoms with Gasteiger partial charge in [-0.2, -0.15) is 0 Å². The highest BCUT2D eigenvalue weighted by Crippen LogP contribution is 2.45. The van der Waals surface area contributed by atoms with Crippen molar-refractivity contribution in [3.05, 3.63) is 15.0 Å². The van der Waals surface area contributed by atoms with Crippen molar-refractivity contribution in [2.75, 3.05) is 7.05 Å². The zero-order valence-corrected chi connectivity index (χ0v) is 9.03. The van der Waals surface area contributed by atoms with Crippen molar-refractivity contribution in [3.63, 3.8) is 0 Å². The van der Waals surface area contributed by atoms with Gasteiger partial charge >= 0.3 is 0 Å². The third-order valence-electron chi connectivity index (χ3n) is 3.27. The van der Waals surface area contributed by atoms with E-state index in [4.69, 9.17) is 11.6 Å². The van der Waals surface area contributed by atoms with E-state index >= 15 is 0 Å². The Bertz CT molecular complexity index is 349. The molecule has 0 saturated carbocycles. The fourth-order valence-corrected chi connectivity index (χ4v) is 3.89. The van der Waals surface area contributed by atoms with Gasteiger partial charge in [0, 0.05) is 23.4 Å². The molecule has 1 saturated heterocycles. The van der Waals surface area contributed by atoms with Crippen LogP contribution in [-0.4, -0.2) is 23.0 Å². The SMILES string of the molecule is CN1C2CCC1c1sc(Cl)nc1C2. The third-order valence-corrected chi connectivity index (χ3v) is 4.58. The molecule has 0 amide bonds. The number of thiazole rings is 1. The first kappa shape index (κ1) is 8.21. The second-order valence-corrected chi connectivity index (χ2v) is 5.51. The normalized spacial score (nSPS) is 32.2. The largest absolute Gasteiger partial charge is 0.295 e. The molecule has 70 valence electrons. The summed E-state index contributed by atoms with van der Waals surface area (Å²) in [5.41, 5.74) is 1.26. The van der Waals surface area contributed by atoms with Gasteiger partial charge in [-0.1, -0.05) is 11.6 Å². The van der Waals surface area contributed by atoms with Crippen LogP contribution >= 0.6 is 22.9 Å². The van der Waals surface area contributed by atoms with Gasteiger partial charge in [-0.05, 0) is 19.9 Å². The quantitative estimate of drug-likeness (QED) is 0.660. The minimum atomic E-state index is 0.610. The molecular weight excluding hydrogens is 204 g/mol. The summed E-state index contributed by atoms with van der Waals surface area (Å²) in [5, 5.41) is 0. The summed E-state index contributed by atoms with van der Waals surface area (Å²) in [7, 11) is 2.22. The second-order valence-electron chi connectivity index (χ2n) is 3.89. The predicted molar refractivity (Wildman–Crippen MR) is 54.4 cm³/mol. The summed E-state index contributed by atoms with van der Waals surface area (Å²) in [6.45, 7) is 0. The summed E-state index contributed by atoms with van der Waals surface area (Å²) in [4.78, 5) is 8.28. The van der Waals surface area contributed by atoms with Gasteiger partial charge in [-0.25, -0.2) is 4.98 Å². The van der Waals surface area contributed by atoms with E-state index in [1.807, 2.05) is 0 Å².